The van der Waals surface area contributed by atoms with Crippen molar-refractivity contribution in [1.29, 1.82) is 0 Å². The number of nitrogens with zero attached hydrogens (tertiary/aromatic N) is 5. The highest BCUT2D eigenvalue weighted by Gasteiger charge is 2.64. The Morgan fingerprint density at radius 1 is 1.19 bits per heavy atom. The molecular formula is C14H19ClN6. The van der Waals surface area contributed by atoms with Gasteiger partial charge in [0.2, 0.25) is 17.2 Å². The molecule has 2 aromatic rings. The van der Waals surface area contributed by atoms with Crippen molar-refractivity contribution >= 4 is 17.5 Å². The molecule has 112 valence electrons. The molecule has 0 aromatic carbocycles. The Labute approximate surface area is 129 Å². The zero-order valence-corrected chi connectivity index (χ0v) is 13.4. The van der Waals surface area contributed by atoms with Gasteiger partial charge in [-0.15, -0.1) is 0 Å². The van der Waals surface area contributed by atoms with Gasteiger partial charge >= 0.3 is 0 Å². The first-order valence-electron chi connectivity index (χ1n) is 6.96. The largest absolute Gasteiger partial charge is 0.354 e. The fraction of sp³-hybridized carbons (Fsp3) is 0.571. The second-order valence-corrected chi connectivity index (χ2v) is 6.91. The quantitative estimate of drug-likeness (QED) is 0.940. The second-order valence-electron chi connectivity index (χ2n) is 6.57. The molecule has 1 N–H and O–H groups in total. The molecule has 1 aliphatic carbocycles. The van der Waals surface area contributed by atoms with Crippen LogP contribution in [0.15, 0.2) is 18.7 Å². The molecule has 0 bridgehead atoms. The van der Waals surface area contributed by atoms with Crippen molar-refractivity contribution in [2.45, 2.75) is 27.7 Å². The van der Waals surface area contributed by atoms with E-state index in [-0.39, 0.29) is 5.28 Å². The molecule has 0 spiro atoms. The molecule has 0 radical (unpaired) electrons. The smallest absolute Gasteiger partial charge is 0.241 e. The Balaban J connectivity index is 1.75. The summed E-state index contributed by atoms with van der Waals surface area (Å²) < 4.78 is 1.70. The van der Waals surface area contributed by atoms with E-state index in [9.17, 15) is 0 Å². The van der Waals surface area contributed by atoms with E-state index in [0.29, 0.717) is 28.6 Å². The van der Waals surface area contributed by atoms with Crippen LogP contribution in [0.5, 0.6) is 0 Å². The number of imidazole rings is 1. The maximum atomic E-state index is 5.97. The minimum Gasteiger partial charge on any atom is -0.354 e. The first-order valence-corrected chi connectivity index (χ1v) is 7.34. The predicted molar refractivity (Wildman–Crippen MR) is 81.5 cm³/mol. The molecular weight excluding hydrogens is 288 g/mol. The van der Waals surface area contributed by atoms with Gasteiger partial charge in [0.15, 0.2) is 0 Å². The molecule has 1 aliphatic rings. The Bertz CT molecular complexity index is 635. The molecule has 0 aliphatic heterocycles. The summed E-state index contributed by atoms with van der Waals surface area (Å²) in [5, 5.41) is 3.45. The second kappa shape index (κ2) is 4.66. The van der Waals surface area contributed by atoms with Gasteiger partial charge in [-0.3, -0.25) is 4.57 Å². The molecule has 3 rings (SSSR count). The van der Waals surface area contributed by atoms with Gasteiger partial charge in [0.05, 0.1) is 0 Å². The maximum Gasteiger partial charge on any atom is 0.241 e. The van der Waals surface area contributed by atoms with E-state index in [1.54, 1.807) is 23.3 Å². The normalized spacial score (nSPS) is 19.5. The third kappa shape index (κ3) is 2.37. The molecule has 6 nitrogen and oxygen atoms in total. The van der Waals surface area contributed by atoms with Crippen LogP contribution in [0.1, 0.15) is 27.7 Å². The number of aromatic nitrogens is 5. The Hall–Kier alpha value is -1.69. The lowest BCUT2D eigenvalue weighted by atomic mass is 10.0. The van der Waals surface area contributed by atoms with Crippen molar-refractivity contribution in [3.63, 3.8) is 0 Å². The average molecular weight is 307 g/mol. The van der Waals surface area contributed by atoms with Gasteiger partial charge in [-0.1, -0.05) is 27.7 Å². The van der Waals surface area contributed by atoms with Crippen LogP contribution >= 0.6 is 11.6 Å². The van der Waals surface area contributed by atoms with Crippen LogP contribution in [-0.2, 0) is 0 Å². The van der Waals surface area contributed by atoms with Crippen molar-refractivity contribution < 1.29 is 0 Å². The van der Waals surface area contributed by atoms with Gasteiger partial charge in [0.1, 0.15) is 6.33 Å². The summed E-state index contributed by atoms with van der Waals surface area (Å²) in [5.74, 6) is 1.54. The zero-order valence-electron chi connectivity index (χ0n) is 12.6. The molecule has 0 amide bonds. The molecule has 2 aromatic heterocycles. The lowest BCUT2D eigenvalue weighted by molar-refractivity contribution is 0.457. The van der Waals surface area contributed by atoms with Crippen LogP contribution in [0.4, 0.5) is 5.95 Å². The van der Waals surface area contributed by atoms with Crippen LogP contribution in [0.3, 0.4) is 0 Å². The zero-order chi connectivity index (χ0) is 15.3. The van der Waals surface area contributed by atoms with Crippen molar-refractivity contribution in [1.82, 2.24) is 24.5 Å². The molecule has 2 heterocycles. The summed E-state index contributed by atoms with van der Waals surface area (Å²) in [4.78, 5) is 16.6. The van der Waals surface area contributed by atoms with Crippen molar-refractivity contribution in [2.75, 3.05) is 11.9 Å². The summed E-state index contributed by atoms with van der Waals surface area (Å²) in [6, 6.07) is 0. The third-order valence-electron chi connectivity index (χ3n) is 5.12. The highest BCUT2D eigenvalue weighted by molar-refractivity contribution is 6.28. The molecule has 1 fully saturated rings. The summed E-state index contributed by atoms with van der Waals surface area (Å²) in [5.41, 5.74) is 0.647. The summed E-state index contributed by atoms with van der Waals surface area (Å²) in [6.07, 6.45) is 5.06. The third-order valence-corrected chi connectivity index (χ3v) is 5.28. The molecule has 0 atom stereocenters. The van der Waals surface area contributed by atoms with E-state index >= 15 is 0 Å². The van der Waals surface area contributed by atoms with E-state index < -0.39 is 0 Å². The monoisotopic (exact) mass is 306 g/mol. The van der Waals surface area contributed by atoms with Gasteiger partial charge in [0, 0.05) is 18.9 Å². The van der Waals surface area contributed by atoms with Crippen molar-refractivity contribution in [3.8, 4) is 5.95 Å². The van der Waals surface area contributed by atoms with Crippen molar-refractivity contribution in [3.05, 3.63) is 24.0 Å². The van der Waals surface area contributed by atoms with E-state index in [1.165, 1.54) is 0 Å². The maximum absolute atomic E-state index is 5.97. The Morgan fingerprint density at radius 3 is 2.48 bits per heavy atom. The van der Waals surface area contributed by atoms with E-state index in [2.05, 4.69) is 52.9 Å². The fourth-order valence-electron chi connectivity index (χ4n) is 2.95. The molecule has 7 heteroatoms. The summed E-state index contributed by atoms with van der Waals surface area (Å²) >= 11 is 5.97. The number of rotatable bonds is 4. The lowest BCUT2D eigenvalue weighted by Gasteiger charge is -2.08. The molecule has 0 saturated heterocycles. The van der Waals surface area contributed by atoms with Gasteiger partial charge in [-0.2, -0.15) is 15.0 Å². The minimum atomic E-state index is 0.172. The van der Waals surface area contributed by atoms with Gasteiger partial charge in [-0.05, 0) is 28.3 Å². The highest BCUT2D eigenvalue weighted by Crippen LogP contribution is 2.68. The predicted octanol–water partition coefficient (Wildman–Crippen LogP) is 2.80. The first kappa shape index (κ1) is 14.3. The van der Waals surface area contributed by atoms with Gasteiger partial charge < -0.3 is 5.32 Å². The number of hydrogen-bond donors (Lipinski definition) is 1. The first-order chi connectivity index (χ1) is 9.82. The Morgan fingerprint density at radius 2 is 1.90 bits per heavy atom. The SMILES string of the molecule is CC1(C)C(CNc2nc(Cl)nc(-n3ccnc3)n2)C1(C)C. The Kier molecular flexibility index (Phi) is 3.16. The fourth-order valence-corrected chi connectivity index (χ4v) is 3.10. The van der Waals surface area contributed by atoms with Crippen LogP contribution < -0.4 is 5.32 Å². The van der Waals surface area contributed by atoms with E-state index in [1.807, 2.05) is 0 Å². The van der Waals surface area contributed by atoms with E-state index in [0.717, 1.165) is 6.54 Å². The molecule has 1 saturated carbocycles. The number of anilines is 1. The van der Waals surface area contributed by atoms with Crippen LogP contribution in [0.25, 0.3) is 5.95 Å². The summed E-state index contributed by atoms with van der Waals surface area (Å²) in [7, 11) is 0. The minimum absolute atomic E-state index is 0.172. The topological polar surface area (TPSA) is 68.5 Å². The number of halogens is 1. The van der Waals surface area contributed by atoms with Crippen molar-refractivity contribution in [2.24, 2.45) is 16.7 Å². The van der Waals surface area contributed by atoms with Gasteiger partial charge in [-0.25, -0.2) is 4.98 Å². The van der Waals surface area contributed by atoms with Crippen LogP contribution in [-0.4, -0.2) is 31.0 Å². The number of nitrogens with one attached hydrogen (secondary N) is 1. The lowest BCUT2D eigenvalue weighted by Crippen LogP contribution is -2.13. The molecule has 21 heavy (non-hydrogen) atoms. The average Bonchev–Trinajstić information content (AvgIpc) is 2.80. The van der Waals surface area contributed by atoms with Crippen LogP contribution in [0.2, 0.25) is 5.28 Å². The number of hydrogen-bond acceptors (Lipinski definition) is 5. The molecule has 0 unspecified atom stereocenters. The standard InChI is InChI=1S/C14H19ClN6/c1-13(2)9(14(13,3)4)7-17-11-18-10(15)19-12(20-11)21-6-5-16-8-21/h5-6,8-9H,7H2,1-4H3,(H,17,18,19,20). The highest BCUT2D eigenvalue weighted by atomic mass is 35.5. The van der Waals surface area contributed by atoms with Gasteiger partial charge in [0.25, 0.3) is 0 Å². The van der Waals surface area contributed by atoms with Crippen LogP contribution in [0, 0.1) is 16.7 Å². The van der Waals surface area contributed by atoms with E-state index in [4.69, 9.17) is 11.6 Å². The summed E-state index contributed by atoms with van der Waals surface area (Å²) in [6.45, 7) is 9.98.